The fourth-order valence-electron chi connectivity index (χ4n) is 2.66. The number of carbonyl (C=O) groups is 3. The predicted octanol–water partition coefficient (Wildman–Crippen LogP) is 2.34. The van der Waals surface area contributed by atoms with Crippen LogP contribution in [-0.2, 0) is 33.3 Å². The van der Waals surface area contributed by atoms with Crippen molar-refractivity contribution < 1.29 is 38.4 Å². The van der Waals surface area contributed by atoms with Crippen LogP contribution in [0.1, 0.15) is 54.4 Å². The fourth-order valence-corrected chi connectivity index (χ4v) is 3.85. The van der Waals surface area contributed by atoms with Crippen LogP contribution in [0.4, 0.5) is 0 Å². The summed E-state index contributed by atoms with van der Waals surface area (Å²) in [7, 11) is 0. The van der Waals surface area contributed by atoms with Crippen LogP contribution in [0.2, 0.25) is 0 Å². The molecule has 36 heavy (non-hydrogen) atoms. The van der Waals surface area contributed by atoms with E-state index in [0.717, 1.165) is 5.75 Å². The average molecular weight is 537 g/mol. The second-order valence-corrected chi connectivity index (χ2v) is 11.9. The Morgan fingerprint density at radius 1 is 0.750 bits per heavy atom. The largest absolute Gasteiger partial charge is 0.480 e. The molecule has 0 radical (unpaired) electrons. The van der Waals surface area contributed by atoms with Crippen molar-refractivity contribution in [3.05, 3.63) is 0 Å². The van der Waals surface area contributed by atoms with E-state index in [4.69, 9.17) is 18.9 Å². The third kappa shape index (κ3) is 24.3. The molecular formula is C25H48N2O8S. The molecule has 10 nitrogen and oxygen atoms in total. The molecule has 0 bridgehead atoms. The first kappa shape index (κ1) is 34.6. The van der Waals surface area contributed by atoms with Gasteiger partial charge in [-0.15, -0.1) is 0 Å². The molecule has 0 heterocycles. The number of ether oxygens (including phenoxy) is 4. The highest BCUT2D eigenvalue weighted by molar-refractivity contribution is 7.99. The molecule has 11 heteroatoms. The van der Waals surface area contributed by atoms with E-state index in [-0.39, 0.29) is 35.7 Å². The normalized spacial score (nSPS) is 12.8. The van der Waals surface area contributed by atoms with E-state index in [1.54, 1.807) is 0 Å². The predicted molar refractivity (Wildman–Crippen MR) is 141 cm³/mol. The zero-order chi connectivity index (χ0) is 27.5. The number of amides is 2. The minimum absolute atomic E-state index is 0.0260. The Balaban J connectivity index is 3.54. The lowest BCUT2D eigenvalue weighted by Crippen LogP contribution is -2.43. The maximum absolute atomic E-state index is 12.0. The minimum atomic E-state index is -1.03. The summed E-state index contributed by atoms with van der Waals surface area (Å²) in [6.45, 7) is 15.9. The monoisotopic (exact) mass is 536 g/mol. The number of nitrogens with one attached hydrogen (secondary N) is 2. The number of carboxylic acid groups (broad SMARTS) is 1. The van der Waals surface area contributed by atoms with E-state index in [1.165, 1.54) is 11.8 Å². The third-order valence-electron chi connectivity index (χ3n) is 4.30. The summed E-state index contributed by atoms with van der Waals surface area (Å²) in [5, 5.41) is 14.7. The molecule has 0 spiro atoms. The number of aliphatic carboxylic acids is 1. The molecule has 0 aromatic rings. The van der Waals surface area contributed by atoms with Crippen molar-refractivity contribution in [1.82, 2.24) is 10.6 Å². The van der Waals surface area contributed by atoms with Crippen molar-refractivity contribution in [2.75, 3.05) is 70.9 Å². The maximum atomic E-state index is 12.0. The van der Waals surface area contributed by atoms with Gasteiger partial charge in [0, 0.05) is 25.1 Å². The highest BCUT2D eigenvalue weighted by Crippen LogP contribution is 2.21. The van der Waals surface area contributed by atoms with Gasteiger partial charge in [0.05, 0.1) is 52.9 Å². The van der Waals surface area contributed by atoms with E-state index < -0.39 is 12.0 Å². The van der Waals surface area contributed by atoms with Crippen LogP contribution in [0.5, 0.6) is 0 Å². The molecule has 0 saturated carbocycles. The number of rotatable bonds is 21. The van der Waals surface area contributed by atoms with Gasteiger partial charge in [0.25, 0.3) is 0 Å². The number of carbonyl (C=O) groups excluding carboxylic acids is 2. The van der Waals surface area contributed by atoms with Gasteiger partial charge < -0.3 is 34.7 Å². The molecule has 2 amide bonds. The van der Waals surface area contributed by atoms with Gasteiger partial charge in [-0.3, -0.25) is 9.59 Å². The quantitative estimate of drug-likeness (QED) is 0.189. The van der Waals surface area contributed by atoms with Crippen molar-refractivity contribution in [3.8, 4) is 0 Å². The molecule has 0 rings (SSSR count). The first-order chi connectivity index (χ1) is 16.8. The molecule has 0 aliphatic heterocycles. The fraction of sp³-hybridized carbons (Fsp3) is 0.880. The lowest BCUT2D eigenvalue weighted by molar-refractivity contribution is -0.141. The number of thioether (sulfide) groups is 1. The van der Waals surface area contributed by atoms with Crippen molar-refractivity contribution in [1.29, 1.82) is 0 Å². The van der Waals surface area contributed by atoms with E-state index in [2.05, 4.69) is 31.4 Å². The van der Waals surface area contributed by atoms with Crippen molar-refractivity contribution in [3.63, 3.8) is 0 Å². The Morgan fingerprint density at radius 3 is 1.72 bits per heavy atom. The Bertz CT molecular complexity index is 620. The highest BCUT2D eigenvalue weighted by Gasteiger charge is 2.21. The first-order valence-electron chi connectivity index (χ1n) is 12.5. The summed E-state index contributed by atoms with van der Waals surface area (Å²) >= 11 is 1.52. The number of hydrogen-bond acceptors (Lipinski definition) is 8. The minimum Gasteiger partial charge on any atom is -0.480 e. The standard InChI is InChI=1S/C25H48N2O8S/c1-24(2,3)17-22(29)26-8-10-33-12-14-35-16-15-34-13-11-32-9-7-21(28)27-20(23(30)31)18-36-19-25(4,5)6/h20H,7-19H2,1-6H3,(H,26,29)(H,27,28)(H,30,31). The van der Waals surface area contributed by atoms with E-state index in [9.17, 15) is 19.5 Å². The van der Waals surface area contributed by atoms with Crippen LogP contribution in [0.3, 0.4) is 0 Å². The summed E-state index contributed by atoms with van der Waals surface area (Å²) in [6, 6.07) is -0.905. The molecule has 0 saturated heterocycles. The lowest BCUT2D eigenvalue weighted by Gasteiger charge is -2.19. The first-order valence-corrected chi connectivity index (χ1v) is 13.6. The SMILES string of the molecule is CC(C)(C)CSCC(NC(=O)CCOCCOCCOCCOCCNC(=O)CC(C)(C)C)C(=O)O. The Hall–Kier alpha value is -1.40. The van der Waals surface area contributed by atoms with Gasteiger partial charge >= 0.3 is 5.97 Å². The van der Waals surface area contributed by atoms with Crippen molar-refractivity contribution >= 4 is 29.5 Å². The molecule has 0 aliphatic carbocycles. The molecule has 1 unspecified atom stereocenters. The van der Waals surface area contributed by atoms with Crippen LogP contribution in [0, 0.1) is 10.8 Å². The smallest absolute Gasteiger partial charge is 0.327 e. The molecule has 0 fully saturated rings. The van der Waals surface area contributed by atoms with E-state index >= 15 is 0 Å². The maximum Gasteiger partial charge on any atom is 0.327 e. The summed E-state index contributed by atoms with van der Waals surface area (Å²) in [4.78, 5) is 35.0. The van der Waals surface area contributed by atoms with Gasteiger partial charge in [-0.25, -0.2) is 4.79 Å². The lowest BCUT2D eigenvalue weighted by atomic mass is 9.92. The van der Waals surface area contributed by atoms with E-state index in [0.29, 0.717) is 65.0 Å². The molecule has 1 atom stereocenters. The topological polar surface area (TPSA) is 132 Å². The van der Waals surface area contributed by atoms with Gasteiger partial charge in [-0.2, -0.15) is 11.8 Å². The zero-order valence-electron chi connectivity index (χ0n) is 23.0. The highest BCUT2D eigenvalue weighted by atomic mass is 32.2. The Morgan fingerprint density at radius 2 is 1.25 bits per heavy atom. The summed E-state index contributed by atoms with van der Waals surface area (Å²) in [5.74, 6) is -0.208. The molecule has 212 valence electrons. The average Bonchev–Trinajstić information content (AvgIpc) is 2.73. The Labute approximate surface area is 220 Å². The zero-order valence-corrected chi connectivity index (χ0v) is 23.8. The van der Waals surface area contributed by atoms with Gasteiger partial charge in [0.2, 0.25) is 11.8 Å². The van der Waals surface area contributed by atoms with Crippen LogP contribution in [-0.4, -0.2) is 99.8 Å². The number of hydrogen-bond donors (Lipinski definition) is 3. The summed E-state index contributed by atoms with van der Waals surface area (Å²) in [5.41, 5.74) is 0.0723. The molecular weight excluding hydrogens is 488 g/mol. The van der Waals surface area contributed by atoms with Crippen LogP contribution >= 0.6 is 11.8 Å². The van der Waals surface area contributed by atoms with Gasteiger partial charge in [-0.05, 0) is 16.6 Å². The Kier molecular flexibility index (Phi) is 18.9. The van der Waals surface area contributed by atoms with Crippen LogP contribution < -0.4 is 10.6 Å². The van der Waals surface area contributed by atoms with Gasteiger partial charge in [-0.1, -0.05) is 41.5 Å². The second-order valence-electron chi connectivity index (χ2n) is 10.8. The third-order valence-corrected chi connectivity index (χ3v) is 5.94. The number of carboxylic acids is 1. The second kappa shape index (κ2) is 19.7. The van der Waals surface area contributed by atoms with Crippen molar-refractivity contribution in [2.45, 2.75) is 60.4 Å². The van der Waals surface area contributed by atoms with Gasteiger partial charge in [0.1, 0.15) is 6.04 Å². The summed E-state index contributed by atoms with van der Waals surface area (Å²) < 4.78 is 21.6. The van der Waals surface area contributed by atoms with Crippen molar-refractivity contribution in [2.24, 2.45) is 10.8 Å². The molecule has 0 aromatic carbocycles. The van der Waals surface area contributed by atoms with E-state index in [1.807, 2.05) is 20.8 Å². The summed E-state index contributed by atoms with van der Waals surface area (Å²) in [6.07, 6.45) is 0.581. The van der Waals surface area contributed by atoms with Gasteiger partial charge in [0.15, 0.2) is 0 Å². The van der Waals surface area contributed by atoms with Crippen LogP contribution in [0.15, 0.2) is 0 Å². The molecule has 0 aromatic heterocycles. The molecule has 0 aliphatic rings. The molecule has 3 N–H and O–H groups in total. The van der Waals surface area contributed by atoms with Crippen LogP contribution in [0.25, 0.3) is 0 Å².